The van der Waals surface area contributed by atoms with Gasteiger partial charge in [0.2, 0.25) is 0 Å². The summed E-state index contributed by atoms with van der Waals surface area (Å²) in [5, 5.41) is 3.20. The first-order valence-corrected chi connectivity index (χ1v) is 10.9. The van der Waals surface area contributed by atoms with Crippen LogP contribution in [0, 0.1) is 13.8 Å². The van der Waals surface area contributed by atoms with Gasteiger partial charge in [-0.1, -0.05) is 19.3 Å². The largest absolute Gasteiger partial charge is 0.472 e. The normalized spacial score (nSPS) is 18.8. The number of aromatic nitrogens is 1. The van der Waals surface area contributed by atoms with Crippen LogP contribution in [-0.2, 0) is 0 Å². The maximum absolute atomic E-state index is 13.0. The average Bonchev–Trinajstić information content (AvgIpc) is 3.37. The van der Waals surface area contributed by atoms with Crippen LogP contribution in [0.1, 0.15) is 83.1 Å². The van der Waals surface area contributed by atoms with E-state index in [9.17, 15) is 9.59 Å². The number of rotatable bonds is 4. The summed E-state index contributed by atoms with van der Waals surface area (Å²) in [4.78, 5) is 27.2. The number of amides is 2. The third kappa shape index (κ3) is 4.11. The predicted molar refractivity (Wildman–Crippen MR) is 111 cm³/mol. The van der Waals surface area contributed by atoms with Crippen LogP contribution in [0.25, 0.3) is 0 Å². The van der Waals surface area contributed by atoms with Gasteiger partial charge in [0.15, 0.2) is 0 Å². The van der Waals surface area contributed by atoms with Crippen LogP contribution in [0.15, 0.2) is 29.1 Å². The molecule has 0 spiro atoms. The molecule has 1 N–H and O–H groups in total. The van der Waals surface area contributed by atoms with Crippen molar-refractivity contribution in [2.75, 3.05) is 13.1 Å². The number of carbonyl (C=O) groups excluding carboxylic acids is 2. The highest BCUT2D eigenvalue weighted by molar-refractivity contribution is 5.96. The van der Waals surface area contributed by atoms with Gasteiger partial charge in [0.1, 0.15) is 6.26 Å². The molecule has 29 heavy (non-hydrogen) atoms. The van der Waals surface area contributed by atoms with Crippen LogP contribution in [0.2, 0.25) is 0 Å². The molecule has 0 atom stereocenters. The van der Waals surface area contributed by atoms with Crippen molar-refractivity contribution in [3.8, 4) is 0 Å². The molecule has 0 unspecified atom stereocenters. The fourth-order valence-corrected chi connectivity index (χ4v) is 4.97. The van der Waals surface area contributed by atoms with Crippen molar-refractivity contribution in [2.45, 2.75) is 70.9 Å². The van der Waals surface area contributed by atoms with E-state index < -0.39 is 0 Å². The third-order valence-corrected chi connectivity index (χ3v) is 6.55. The van der Waals surface area contributed by atoms with Crippen molar-refractivity contribution in [3.05, 3.63) is 47.2 Å². The fourth-order valence-electron chi connectivity index (χ4n) is 4.97. The minimum Gasteiger partial charge on any atom is -0.472 e. The van der Waals surface area contributed by atoms with Gasteiger partial charge >= 0.3 is 0 Å². The Kier molecular flexibility index (Phi) is 5.79. The molecular formula is C23H31N3O3. The highest BCUT2D eigenvalue weighted by atomic mass is 16.3. The Balaban J connectivity index is 1.36. The van der Waals surface area contributed by atoms with E-state index in [2.05, 4.69) is 23.7 Å². The number of piperidine rings is 1. The molecule has 3 heterocycles. The molecule has 2 fully saturated rings. The maximum Gasteiger partial charge on any atom is 0.257 e. The molecule has 1 aliphatic heterocycles. The summed E-state index contributed by atoms with van der Waals surface area (Å²) in [6.45, 7) is 5.48. The van der Waals surface area contributed by atoms with E-state index in [1.54, 1.807) is 6.07 Å². The Morgan fingerprint density at radius 1 is 1.07 bits per heavy atom. The van der Waals surface area contributed by atoms with Crippen molar-refractivity contribution in [3.63, 3.8) is 0 Å². The monoisotopic (exact) mass is 397 g/mol. The minimum absolute atomic E-state index is 0.000413. The third-order valence-electron chi connectivity index (χ3n) is 6.55. The van der Waals surface area contributed by atoms with Gasteiger partial charge in [-0.05, 0) is 51.7 Å². The predicted octanol–water partition coefficient (Wildman–Crippen LogP) is 4.24. The summed E-state index contributed by atoms with van der Waals surface area (Å²) in [5.41, 5.74) is 3.65. The van der Waals surface area contributed by atoms with Gasteiger partial charge in [-0.3, -0.25) is 9.59 Å². The molecule has 2 aliphatic rings. The summed E-state index contributed by atoms with van der Waals surface area (Å²) in [6, 6.07) is 4.37. The molecule has 0 bridgehead atoms. The van der Waals surface area contributed by atoms with Crippen LogP contribution in [-0.4, -0.2) is 40.4 Å². The zero-order chi connectivity index (χ0) is 20.4. The second kappa shape index (κ2) is 8.47. The van der Waals surface area contributed by atoms with Crippen molar-refractivity contribution in [1.82, 2.24) is 14.8 Å². The molecule has 2 aromatic heterocycles. The molecule has 2 aromatic rings. The summed E-state index contributed by atoms with van der Waals surface area (Å²) in [7, 11) is 0. The highest BCUT2D eigenvalue weighted by Gasteiger charge is 2.27. The van der Waals surface area contributed by atoms with E-state index in [1.165, 1.54) is 50.3 Å². The number of hydrogen-bond donors (Lipinski definition) is 1. The summed E-state index contributed by atoms with van der Waals surface area (Å²) in [6.07, 6.45) is 10.8. The molecule has 1 saturated heterocycles. The van der Waals surface area contributed by atoms with E-state index in [1.807, 2.05) is 11.0 Å². The Morgan fingerprint density at radius 2 is 1.79 bits per heavy atom. The van der Waals surface area contributed by atoms with Crippen LogP contribution < -0.4 is 5.32 Å². The Bertz CT molecular complexity index is 854. The van der Waals surface area contributed by atoms with Gasteiger partial charge in [0, 0.05) is 36.6 Å². The van der Waals surface area contributed by atoms with Gasteiger partial charge in [0.05, 0.1) is 17.4 Å². The second-order valence-corrected chi connectivity index (χ2v) is 8.50. The molecule has 0 radical (unpaired) electrons. The van der Waals surface area contributed by atoms with E-state index >= 15 is 0 Å². The number of carbonyl (C=O) groups is 2. The first-order chi connectivity index (χ1) is 14.0. The lowest BCUT2D eigenvalue weighted by molar-refractivity contribution is 0.0697. The summed E-state index contributed by atoms with van der Waals surface area (Å²) in [5.74, 6) is 0.0133. The van der Waals surface area contributed by atoms with Gasteiger partial charge < -0.3 is 19.2 Å². The van der Waals surface area contributed by atoms with Crippen LogP contribution >= 0.6 is 0 Å². The average molecular weight is 398 g/mol. The first-order valence-electron chi connectivity index (χ1n) is 10.9. The number of likely N-dealkylation sites (tertiary alicyclic amines) is 1. The molecule has 156 valence electrons. The number of nitrogens with one attached hydrogen (secondary N) is 1. The van der Waals surface area contributed by atoms with Crippen LogP contribution in [0.4, 0.5) is 0 Å². The lowest BCUT2D eigenvalue weighted by atomic mass is 9.95. The maximum atomic E-state index is 13.0. The quantitative estimate of drug-likeness (QED) is 0.839. The molecule has 1 aliphatic carbocycles. The number of aryl methyl sites for hydroxylation is 1. The van der Waals surface area contributed by atoms with E-state index in [4.69, 9.17) is 4.42 Å². The van der Waals surface area contributed by atoms with E-state index in [0.29, 0.717) is 24.7 Å². The van der Waals surface area contributed by atoms with Gasteiger partial charge in [-0.2, -0.15) is 0 Å². The molecule has 6 nitrogen and oxygen atoms in total. The lowest BCUT2D eigenvalue weighted by Crippen LogP contribution is -2.46. The molecule has 6 heteroatoms. The molecule has 1 saturated carbocycles. The minimum atomic E-state index is -0.000413. The second-order valence-electron chi connectivity index (χ2n) is 8.50. The zero-order valence-electron chi connectivity index (χ0n) is 17.4. The molecule has 0 aromatic carbocycles. The molecular weight excluding hydrogens is 366 g/mol. The summed E-state index contributed by atoms with van der Waals surface area (Å²) >= 11 is 0. The SMILES string of the molecule is Cc1cc(C(=O)NC2CCN(C(=O)c3ccoc3)CC2)c(C)n1C1CCCCC1. The van der Waals surface area contributed by atoms with E-state index in [-0.39, 0.29) is 17.9 Å². The van der Waals surface area contributed by atoms with Gasteiger partial charge in [-0.25, -0.2) is 0 Å². The zero-order valence-corrected chi connectivity index (χ0v) is 17.4. The Labute approximate surface area is 172 Å². The standard InChI is InChI=1S/C23H31N3O3/c1-16-14-21(17(2)26(16)20-6-4-3-5-7-20)22(27)24-19-8-11-25(12-9-19)23(28)18-10-13-29-15-18/h10,13-15,19-20H,3-9,11-12H2,1-2H3,(H,24,27). The van der Waals surface area contributed by atoms with Gasteiger partial charge in [0.25, 0.3) is 11.8 Å². The lowest BCUT2D eigenvalue weighted by Gasteiger charge is -2.32. The topological polar surface area (TPSA) is 67.5 Å². The number of nitrogens with zero attached hydrogens (tertiary/aromatic N) is 2. The first kappa shape index (κ1) is 19.8. The van der Waals surface area contributed by atoms with E-state index in [0.717, 1.165) is 24.1 Å². The number of hydrogen-bond acceptors (Lipinski definition) is 3. The van der Waals surface area contributed by atoms with Crippen molar-refractivity contribution in [1.29, 1.82) is 0 Å². The van der Waals surface area contributed by atoms with Crippen LogP contribution in [0.5, 0.6) is 0 Å². The fraction of sp³-hybridized carbons (Fsp3) is 0.565. The van der Waals surface area contributed by atoms with Crippen molar-refractivity contribution >= 4 is 11.8 Å². The summed E-state index contributed by atoms with van der Waals surface area (Å²) < 4.78 is 7.38. The van der Waals surface area contributed by atoms with Crippen LogP contribution in [0.3, 0.4) is 0 Å². The highest BCUT2D eigenvalue weighted by Crippen LogP contribution is 2.32. The van der Waals surface area contributed by atoms with Crippen molar-refractivity contribution in [2.24, 2.45) is 0 Å². The Morgan fingerprint density at radius 3 is 2.45 bits per heavy atom. The van der Waals surface area contributed by atoms with Crippen molar-refractivity contribution < 1.29 is 14.0 Å². The Hall–Kier alpha value is -2.50. The van der Waals surface area contributed by atoms with Gasteiger partial charge in [-0.15, -0.1) is 0 Å². The molecule has 4 rings (SSSR count). The molecule has 2 amide bonds. The smallest absolute Gasteiger partial charge is 0.257 e. The number of furan rings is 1.